The van der Waals surface area contributed by atoms with Gasteiger partial charge in [-0.25, -0.2) is 0 Å². The van der Waals surface area contributed by atoms with Gasteiger partial charge in [0.25, 0.3) is 0 Å². The van der Waals surface area contributed by atoms with Gasteiger partial charge in [0.05, 0.1) is 13.7 Å². The van der Waals surface area contributed by atoms with Crippen LogP contribution in [0.4, 0.5) is 0 Å². The molecule has 6 nitrogen and oxygen atoms in total. The van der Waals surface area contributed by atoms with Crippen LogP contribution < -0.4 is 14.8 Å². The van der Waals surface area contributed by atoms with Crippen LogP contribution >= 0.6 is 11.6 Å². The van der Waals surface area contributed by atoms with E-state index in [2.05, 4.69) is 5.32 Å². The van der Waals surface area contributed by atoms with E-state index in [1.54, 1.807) is 12.0 Å². The van der Waals surface area contributed by atoms with E-state index in [4.69, 9.17) is 21.1 Å². The maximum Gasteiger partial charge on any atom is 0.243 e. The first kappa shape index (κ1) is 26.9. The number of methoxy groups -OCH3 is 1. The lowest BCUT2D eigenvalue weighted by atomic mass is 9.95. The van der Waals surface area contributed by atoms with E-state index >= 15 is 0 Å². The molecule has 7 heteroatoms. The van der Waals surface area contributed by atoms with E-state index in [9.17, 15) is 9.59 Å². The van der Waals surface area contributed by atoms with Crippen LogP contribution in [0.1, 0.15) is 63.9 Å². The van der Waals surface area contributed by atoms with Crippen LogP contribution in [0.2, 0.25) is 5.02 Å². The van der Waals surface area contributed by atoms with Crippen molar-refractivity contribution < 1.29 is 19.1 Å². The number of carbonyl (C=O) groups excluding carboxylic acids is 2. The molecule has 2 aromatic rings. The molecule has 190 valence electrons. The third kappa shape index (κ3) is 8.17. The van der Waals surface area contributed by atoms with Gasteiger partial charge in [0, 0.05) is 24.0 Å². The summed E-state index contributed by atoms with van der Waals surface area (Å²) >= 11 is 6.40. The Labute approximate surface area is 213 Å². The van der Waals surface area contributed by atoms with Crippen LogP contribution in [0.25, 0.3) is 0 Å². The van der Waals surface area contributed by atoms with Crippen molar-refractivity contribution >= 4 is 23.4 Å². The molecule has 0 radical (unpaired) electrons. The lowest BCUT2D eigenvalue weighted by molar-refractivity contribution is -0.142. The van der Waals surface area contributed by atoms with Crippen molar-refractivity contribution in [2.75, 3.05) is 13.7 Å². The molecule has 1 aliphatic carbocycles. The quantitative estimate of drug-likeness (QED) is 0.376. The van der Waals surface area contributed by atoms with Crippen LogP contribution in [0.5, 0.6) is 11.5 Å². The third-order valence-corrected chi connectivity index (χ3v) is 6.87. The zero-order chi connectivity index (χ0) is 25.0. The third-order valence-electron chi connectivity index (χ3n) is 6.50. The molecule has 1 atom stereocenters. The van der Waals surface area contributed by atoms with Crippen molar-refractivity contribution in [2.45, 2.75) is 76.9 Å². The highest BCUT2D eigenvalue weighted by Gasteiger charge is 2.30. The maximum absolute atomic E-state index is 13.4. The van der Waals surface area contributed by atoms with E-state index in [0.29, 0.717) is 31.0 Å². The Bertz CT molecular complexity index is 944. The van der Waals surface area contributed by atoms with Crippen molar-refractivity contribution in [1.29, 1.82) is 0 Å². The zero-order valence-electron chi connectivity index (χ0n) is 20.8. The second-order valence-electron chi connectivity index (χ2n) is 9.01. The summed E-state index contributed by atoms with van der Waals surface area (Å²) in [4.78, 5) is 28.3. The second kappa shape index (κ2) is 14.0. The summed E-state index contributed by atoms with van der Waals surface area (Å²) in [6, 6.07) is 14.5. The summed E-state index contributed by atoms with van der Waals surface area (Å²) in [5.74, 6) is 1.34. The standard InChI is InChI=1S/C28H37ClN2O4/c1-3-26(28(33)30-22-11-5-4-6-12-22)31(20-21-10-7-8-13-25(21)29)27(32)14-9-19-35-24-17-15-23(34-2)16-18-24/h7-8,10,13,15-18,22,26H,3-6,9,11-12,14,19-20H2,1-2H3,(H,30,33)/t26-/m1/s1. The van der Waals surface area contributed by atoms with Crippen LogP contribution in [0.3, 0.4) is 0 Å². The smallest absolute Gasteiger partial charge is 0.243 e. The van der Waals surface area contributed by atoms with E-state index in [1.807, 2.05) is 55.5 Å². The van der Waals surface area contributed by atoms with Gasteiger partial charge in [-0.1, -0.05) is 56.0 Å². The minimum Gasteiger partial charge on any atom is -0.497 e. The Balaban J connectivity index is 1.64. The highest BCUT2D eigenvalue weighted by molar-refractivity contribution is 6.31. The first-order valence-corrected chi connectivity index (χ1v) is 13.0. The number of hydrogen-bond donors (Lipinski definition) is 1. The fourth-order valence-corrected chi connectivity index (χ4v) is 4.70. The molecule has 0 aliphatic heterocycles. The largest absolute Gasteiger partial charge is 0.497 e. The fraction of sp³-hybridized carbons (Fsp3) is 0.500. The van der Waals surface area contributed by atoms with Gasteiger partial charge in [-0.15, -0.1) is 0 Å². The number of nitrogens with zero attached hydrogens (tertiary/aromatic N) is 1. The van der Waals surface area contributed by atoms with Gasteiger partial charge in [0.2, 0.25) is 11.8 Å². The molecule has 1 saturated carbocycles. The Morgan fingerprint density at radius 3 is 2.40 bits per heavy atom. The molecule has 0 heterocycles. The van der Waals surface area contributed by atoms with Gasteiger partial charge in [-0.3, -0.25) is 9.59 Å². The number of rotatable bonds is 12. The minimum atomic E-state index is -0.539. The summed E-state index contributed by atoms with van der Waals surface area (Å²) in [7, 11) is 1.62. The van der Waals surface area contributed by atoms with E-state index in [1.165, 1.54) is 6.42 Å². The van der Waals surface area contributed by atoms with Crippen molar-refractivity contribution in [1.82, 2.24) is 10.2 Å². The summed E-state index contributed by atoms with van der Waals surface area (Å²) in [5, 5.41) is 3.80. The summed E-state index contributed by atoms with van der Waals surface area (Å²) in [5.41, 5.74) is 0.834. The van der Waals surface area contributed by atoms with Crippen molar-refractivity contribution in [3.05, 3.63) is 59.1 Å². The molecular formula is C28H37ClN2O4. The number of nitrogens with one attached hydrogen (secondary N) is 1. The monoisotopic (exact) mass is 500 g/mol. The van der Waals surface area contributed by atoms with E-state index < -0.39 is 6.04 Å². The Morgan fingerprint density at radius 1 is 1.06 bits per heavy atom. The number of hydrogen-bond acceptors (Lipinski definition) is 4. The summed E-state index contributed by atoms with van der Waals surface area (Å²) in [6.07, 6.45) is 6.87. The van der Waals surface area contributed by atoms with Crippen LogP contribution in [-0.2, 0) is 16.1 Å². The topological polar surface area (TPSA) is 67.9 Å². The van der Waals surface area contributed by atoms with Gasteiger partial charge in [0.1, 0.15) is 17.5 Å². The van der Waals surface area contributed by atoms with Crippen molar-refractivity contribution in [2.24, 2.45) is 0 Å². The molecule has 0 unspecified atom stereocenters. The number of amides is 2. The van der Waals surface area contributed by atoms with E-state index in [0.717, 1.165) is 42.7 Å². The summed E-state index contributed by atoms with van der Waals surface area (Å²) in [6.45, 7) is 2.66. The van der Waals surface area contributed by atoms with Crippen LogP contribution in [-0.4, -0.2) is 42.5 Å². The zero-order valence-corrected chi connectivity index (χ0v) is 21.6. The molecule has 3 rings (SSSR count). The Morgan fingerprint density at radius 2 is 1.74 bits per heavy atom. The first-order valence-electron chi connectivity index (χ1n) is 12.6. The van der Waals surface area contributed by atoms with E-state index in [-0.39, 0.29) is 24.3 Å². The number of carbonyl (C=O) groups is 2. The van der Waals surface area contributed by atoms with Gasteiger partial charge in [-0.05, 0) is 61.6 Å². The normalized spacial score (nSPS) is 14.7. The number of ether oxygens (including phenoxy) is 2. The van der Waals surface area contributed by atoms with Crippen LogP contribution in [0, 0.1) is 0 Å². The lowest BCUT2D eigenvalue weighted by Crippen LogP contribution is -2.51. The molecule has 1 fully saturated rings. The molecule has 0 spiro atoms. The minimum absolute atomic E-state index is 0.0747. The maximum atomic E-state index is 13.4. The van der Waals surface area contributed by atoms with Crippen molar-refractivity contribution in [3.8, 4) is 11.5 Å². The summed E-state index contributed by atoms with van der Waals surface area (Å²) < 4.78 is 10.9. The average molecular weight is 501 g/mol. The van der Waals surface area contributed by atoms with Crippen LogP contribution in [0.15, 0.2) is 48.5 Å². The molecule has 2 aromatic carbocycles. The van der Waals surface area contributed by atoms with Gasteiger partial charge in [-0.2, -0.15) is 0 Å². The second-order valence-corrected chi connectivity index (χ2v) is 9.42. The molecule has 1 N–H and O–H groups in total. The van der Waals surface area contributed by atoms with Gasteiger partial charge < -0.3 is 19.7 Å². The molecule has 2 amide bonds. The van der Waals surface area contributed by atoms with Gasteiger partial charge in [0.15, 0.2) is 0 Å². The molecule has 0 aromatic heterocycles. The SMILES string of the molecule is CC[C@H](C(=O)NC1CCCCC1)N(Cc1ccccc1Cl)C(=O)CCCOc1ccc(OC)cc1. The lowest BCUT2D eigenvalue weighted by Gasteiger charge is -2.33. The molecule has 35 heavy (non-hydrogen) atoms. The number of benzene rings is 2. The highest BCUT2D eigenvalue weighted by Crippen LogP contribution is 2.22. The predicted octanol–water partition coefficient (Wildman–Crippen LogP) is 5.76. The van der Waals surface area contributed by atoms with Gasteiger partial charge >= 0.3 is 0 Å². The average Bonchev–Trinajstić information content (AvgIpc) is 2.88. The first-order chi connectivity index (χ1) is 17.0. The molecule has 0 saturated heterocycles. The number of halogens is 1. The van der Waals surface area contributed by atoms with Crippen molar-refractivity contribution in [3.63, 3.8) is 0 Å². The Hall–Kier alpha value is -2.73. The Kier molecular flexibility index (Phi) is 10.7. The molecular weight excluding hydrogens is 464 g/mol. The molecule has 0 bridgehead atoms. The fourth-order valence-electron chi connectivity index (χ4n) is 4.50. The highest BCUT2D eigenvalue weighted by atomic mass is 35.5. The predicted molar refractivity (Wildman–Crippen MR) is 139 cm³/mol. The molecule has 1 aliphatic rings.